The van der Waals surface area contributed by atoms with E-state index in [0.29, 0.717) is 5.16 Å². The van der Waals surface area contributed by atoms with Crippen LogP contribution in [0, 0.1) is 0 Å². The third kappa shape index (κ3) is 2.12. The summed E-state index contributed by atoms with van der Waals surface area (Å²) in [4.78, 5) is 0. The van der Waals surface area contributed by atoms with Crippen LogP contribution in [0.1, 0.15) is 0 Å². The second kappa shape index (κ2) is 3.97. The first-order chi connectivity index (χ1) is 3.30. The molecule has 4 nitrogen and oxygen atoms in total. The minimum absolute atomic E-state index is 0. The number of aromatic nitrogens is 4. The summed E-state index contributed by atoms with van der Waals surface area (Å²) in [6.07, 6.45) is 0. The van der Waals surface area contributed by atoms with Crippen LogP contribution in [0.2, 0.25) is 0 Å². The molecule has 0 fully saturated rings. The maximum atomic E-state index is 3.88. The van der Waals surface area contributed by atoms with E-state index in [0.717, 1.165) is 0 Å². The second-order valence-electron chi connectivity index (χ2n) is 1.10. The molecule has 8 heavy (non-hydrogen) atoms. The summed E-state index contributed by atoms with van der Waals surface area (Å²) >= 11 is 3.88. The molecule has 0 spiro atoms. The van der Waals surface area contributed by atoms with Gasteiger partial charge in [0, 0.05) is 7.05 Å². The zero-order chi connectivity index (χ0) is 5.28. The van der Waals surface area contributed by atoms with E-state index in [1.165, 1.54) is 4.68 Å². The Kier molecular flexibility index (Phi) is 4.49. The van der Waals surface area contributed by atoms with Crippen molar-refractivity contribution < 1.29 is 0 Å². The Morgan fingerprint density at radius 1 is 1.62 bits per heavy atom. The number of aryl methyl sites for hydroxylation is 1. The van der Waals surface area contributed by atoms with Gasteiger partial charge in [-0.1, -0.05) is 0 Å². The molecule has 0 aliphatic carbocycles. The van der Waals surface area contributed by atoms with E-state index in [9.17, 15) is 0 Å². The van der Waals surface area contributed by atoms with Gasteiger partial charge in [-0.2, -0.15) is 0 Å². The van der Waals surface area contributed by atoms with Gasteiger partial charge in [0.15, 0.2) is 0 Å². The van der Waals surface area contributed by atoms with Crippen LogP contribution in [0.3, 0.4) is 0 Å². The Hall–Kier alpha value is 1.06. The van der Waals surface area contributed by atoms with E-state index in [1.54, 1.807) is 7.05 Å². The van der Waals surface area contributed by atoms with Crippen molar-refractivity contribution in [3.05, 3.63) is 0 Å². The van der Waals surface area contributed by atoms with Crippen LogP contribution in [-0.4, -0.2) is 71.6 Å². The SMILES string of the molecule is Cn1nnnc1S.[KH]. The second-order valence-corrected chi connectivity index (χ2v) is 1.50. The standard InChI is InChI=1S/C2H4N4S.K.H/c1-6-2(7)3-4-5-6;;/h1H3,(H,3,5,7);;. The number of rotatable bonds is 0. The van der Waals surface area contributed by atoms with E-state index in [-0.39, 0.29) is 51.4 Å². The molecule has 0 amide bonds. The van der Waals surface area contributed by atoms with E-state index in [2.05, 4.69) is 28.2 Å². The van der Waals surface area contributed by atoms with Crippen LogP contribution in [0.5, 0.6) is 0 Å². The molecule has 0 saturated heterocycles. The van der Waals surface area contributed by atoms with Gasteiger partial charge in [0.05, 0.1) is 0 Å². The summed E-state index contributed by atoms with van der Waals surface area (Å²) in [6, 6.07) is 0. The van der Waals surface area contributed by atoms with Gasteiger partial charge in [-0.3, -0.25) is 0 Å². The number of tetrazole rings is 1. The van der Waals surface area contributed by atoms with Crippen LogP contribution in [-0.2, 0) is 7.05 Å². The fourth-order valence-corrected chi connectivity index (χ4v) is 0.305. The summed E-state index contributed by atoms with van der Waals surface area (Å²) in [5, 5.41) is 10.8. The molecule has 0 N–H and O–H groups in total. The third-order valence-electron chi connectivity index (χ3n) is 0.598. The number of nitrogens with zero attached hydrogens (tertiary/aromatic N) is 4. The first-order valence-electron chi connectivity index (χ1n) is 1.72. The van der Waals surface area contributed by atoms with Crippen molar-refractivity contribution in [1.82, 2.24) is 20.2 Å². The van der Waals surface area contributed by atoms with E-state index >= 15 is 0 Å². The predicted molar refractivity (Wildman–Crippen MR) is 33.2 cm³/mol. The third-order valence-corrected chi connectivity index (χ3v) is 0.977. The van der Waals surface area contributed by atoms with Gasteiger partial charge in [-0.15, -0.1) is 17.7 Å². The topological polar surface area (TPSA) is 43.6 Å². The molecule has 0 aromatic carbocycles. The van der Waals surface area contributed by atoms with Gasteiger partial charge < -0.3 is 0 Å². The Balaban J connectivity index is 0.000000490. The van der Waals surface area contributed by atoms with Crippen molar-refractivity contribution in [1.29, 1.82) is 0 Å². The van der Waals surface area contributed by atoms with Crippen LogP contribution < -0.4 is 0 Å². The molecule has 6 heteroatoms. The Morgan fingerprint density at radius 2 is 2.25 bits per heavy atom. The average Bonchev–Trinajstić information content (AvgIpc) is 1.91. The van der Waals surface area contributed by atoms with Gasteiger partial charge >= 0.3 is 51.4 Å². The molecule has 1 heterocycles. The first kappa shape index (κ1) is 9.06. The summed E-state index contributed by atoms with van der Waals surface area (Å²) in [6.45, 7) is 0. The number of hydrogen-bond acceptors (Lipinski definition) is 4. The monoisotopic (exact) mass is 156 g/mol. The molecule has 1 aromatic heterocycles. The molecule has 0 saturated carbocycles. The molecule has 0 unspecified atom stereocenters. The molecular weight excluding hydrogens is 151 g/mol. The van der Waals surface area contributed by atoms with Crippen molar-refractivity contribution in [3.63, 3.8) is 0 Å². The van der Waals surface area contributed by atoms with E-state index in [1.807, 2.05) is 0 Å². The Labute approximate surface area is 94.9 Å². The van der Waals surface area contributed by atoms with Gasteiger partial charge in [-0.25, -0.2) is 4.68 Å². The van der Waals surface area contributed by atoms with Crippen LogP contribution in [0.4, 0.5) is 0 Å². The van der Waals surface area contributed by atoms with Crippen LogP contribution >= 0.6 is 12.6 Å². The molecule has 1 aromatic rings. The summed E-state index contributed by atoms with van der Waals surface area (Å²) < 4.78 is 1.48. The van der Waals surface area contributed by atoms with Gasteiger partial charge in [-0.05, 0) is 10.4 Å². The Bertz CT molecular complexity index is 146. The van der Waals surface area contributed by atoms with Gasteiger partial charge in [0.2, 0.25) is 5.16 Å². The molecule has 0 atom stereocenters. The molecule has 0 bridgehead atoms. The predicted octanol–water partition coefficient (Wildman–Crippen LogP) is -1.15. The van der Waals surface area contributed by atoms with Crippen molar-refractivity contribution in [2.75, 3.05) is 0 Å². The molecule has 1 rings (SSSR count). The number of hydrogen-bond donors (Lipinski definition) is 1. The molecule has 0 radical (unpaired) electrons. The fourth-order valence-electron chi connectivity index (χ4n) is 0.225. The van der Waals surface area contributed by atoms with Gasteiger partial charge in [0.1, 0.15) is 0 Å². The van der Waals surface area contributed by atoms with E-state index < -0.39 is 0 Å². The zero-order valence-corrected chi connectivity index (χ0v) is 4.63. The normalized spacial score (nSPS) is 8.25. The maximum absolute atomic E-state index is 3.88. The average molecular weight is 156 g/mol. The Morgan fingerprint density at radius 3 is 2.38 bits per heavy atom. The molecule has 0 aliphatic rings. The molecular formula is C2H5KN4S. The summed E-state index contributed by atoms with van der Waals surface area (Å²) in [5.41, 5.74) is 0. The van der Waals surface area contributed by atoms with E-state index in [4.69, 9.17) is 0 Å². The van der Waals surface area contributed by atoms with Crippen molar-refractivity contribution in [2.24, 2.45) is 7.05 Å². The van der Waals surface area contributed by atoms with Crippen molar-refractivity contribution >= 4 is 64.0 Å². The number of thiol groups is 1. The van der Waals surface area contributed by atoms with Crippen molar-refractivity contribution in [2.45, 2.75) is 5.16 Å². The van der Waals surface area contributed by atoms with Crippen molar-refractivity contribution in [3.8, 4) is 0 Å². The quantitative estimate of drug-likeness (QED) is 0.381. The summed E-state index contributed by atoms with van der Waals surface area (Å²) in [7, 11) is 1.72. The van der Waals surface area contributed by atoms with Crippen LogP contribution in [0.15, 0.2) is 5.16 Å². The first-order valence-corrected chi connectivity index (χ1v) is 2.17. The molecule has 40 valence electrons. The summed E-state index contributed by atoms with van der Waals surface area (Å²) in [5.74, 6) is 0. The fraction of sp³-hybridized carbons (Fsp3) is 0.500. The molecule has 0 aliphatic heterocycles. The van der Waals surface area contributed by atoms with Gasteiger partial charge in [0.25, 0.3) is 0 Å². The minimum atomic E-state index is 0. The van der Waals surface area contributed by atoms with Crippen LogP contribution in [0.25, 0.3) is 0 Å². The zero-order valence-electron chi connectivity index (χ0n) is 3.74.